The predicted octanol–water partition coefficient (Wildman–Crippen LogP) is 9.65. The second-order valence-corrected chi connectivity index (χ2v) is 24.1. The highest BCUT2D eigenvalue weighted by Crippen LogP contribution is 2.37. The van der Waals surface area contributed by atoms with Crippen LogP contribution in [0.3, 0.4) is 0 Å². The molecule has 1 aromatic heterocycles. The lowest BCUT2D eigenvalue weighted by Crippen LogP contribution is -2.40. The van der Waals surface area contributed by atoms with E-state index >= 15 is 0 Å². The number of carbonyl (C=O) groups is 1. The Morgan fingerprint density at radius 3 is 1.80 bits per heavy atom. The number of aromatic amines is 1. The Morgan fingerprint density at radius 2 is 1.27 bits per heavy atom. The van der Waals surface area contributed by atoms with Crippen molar-refractivity contribution in [2.75, 3.05) is 26.9 Å². The normalized spacial score (nSPS) is 13.1. The van der Waals surface area contributed by atoms with Gasteiger partial charge in [-0.1, -0.05) is 54.4 Å². The fourth-order valence-corrected chi connectivity index (χ4v) is 6.44. The zero-order chi connectivity index (χ0) is 30.9. The number of carbonyl (C=O) groups excluding carboxylic acids is 1. The molecule has 0 spiro atoms. The Morgan fingerprint density at radius 1 is 0.756 bits per heavy atom. The van der Waals surface area contributed by atoms with Gasteiger partial charge in [-0.3, -0.25) is 0 Å². The Labute approximate surface area is 252 Å². The molecule has 0 aliphatic heterocycles. The van der Waals surface area contributed by atoms with Crippen LogP contribution in [0.2, 0.25) is 36.3 Å². The summed E-state index contributed by atoms with van der Waals surface area (Å²) in [6, 6.07) is 6.06. The van der Waals surface area contributed by atoms with Gasteiger partial charge >= 0.3 is 5.97 Å². The third-order valence-electron chi connectivity index (χ3n) is 9.18. The van der Waals surface area contributed by atoms with E-state index in [9.17, 15) is 4.79 Å². The van der Waals surface area contributed by atoms with Gasteiger partial charge < -0.3 is 23.3 Å². The van der Waals surface area contributed by atoms with Crippen LogP contribution in [-0.2, 0) is 20.0 Å². The quantitative estimate of drug-likeness (QED) is 0.110. The van der Waals surface area contributed by atoms with Crippen LogP contribution in [0, 0.1) is 0 Å². The minimum absolute atomic E-state index is 0.245. The molecule has 1 heterocycles. The molecule has 0 radical (unpaired) electrons. The van der Waals surface area contributed by atoms with Crippen molar-refractivity contribution in [2.24, 2.45) is 0 Å². The van der Waals surface area contributed by atoms with Gasteiger partial charge in [0, 0.05) is 24.1 Å². The minimum Gasteiger partial charge on any atom is -0.494 e. The van der Waals surface area contributed by atoms with Crippen molar-refractivity contribution < 1.29 is 23.1 Å². The molecular formula is C33H59NO5Si2. The Bertz CT molecular complexity index is 1100. The minimum atomic E-state index is -1.68. The summed E-state index contributed by atoms with van der Waals surface area (Å²) in [6.07, 6.45) is 8.27. The van der Waals surface area contributed by atoms with Crippen molar-refractivity contribution in [3.63, 3.8) is 0 Å². The molecule has 6 nitrogen and oxygen atoms in total. The van der Waals surface area contributed by atoms with E-state index in [4.69, 9.17) is 18.3 Å². The first-order valence-electron chi connectivity index (χ1n) is 15.6. The number of benzene rings is 1. The maximum Gasteiger partial charge on any atom is 0.354 e. The lowest BCUT2D eigenvalue weighted by Gasteiger charge is -2.36. The summed E-state index contributed by atoms with van der Waals surface area (Å²) < 4.78 is 23.8. The summed E-state index contributed by atoms with van der Waals surface area (Å²) in [4.78, 5) is 15.8. The summed E-state index contributed by atoms with van der Waals surface area (Å²) >= 11 is 0. The average molecular weight is 606 g/mol. The lowest BCUT2D eigenvalue weighted by atomic mass is 10.0. The molecule has 0 aliphatic rings. The van der Waals surface area contributed by atoms with Crippen LogP contribution in [-0.4, -0.2) is 54.5 Å². The number of aromatic nitrogens is 1. The maximum atomic E-state index is 12.5. The molecule has 0 fully saturated rings. The first-order valence-corrected chi connectivity index (χ1v) is 21.5. The standard InChI is InChI=1S/C33H59NO5Si2/c1-32(2,3)40(8,9)38-23-17-13-12-15-19-27-28-25-26(20-21-29(28)34-30(27)31(35)36-7)37-22-16-14-18-24-39-41(10,11)33(4,5)6/h20-21,25,34H,12-19,22-24H2,1-11H3. The van der Waals surface area contributed by atoms with Crippen molar-refractivity contribution in [1.82, 2.24) is 4.98 Å². The molecule has 1 N–H and O–H groups in total. The number of unbranched alkanes of at least 4 members (excludes halogenated alkanes) is 5. The monoisotopic (exact) mass is 605 g/mol. The van der Waals surface area contributed by atoms with Crippen LogP contribution >= 0.6 is 0 Å². The van der Waals surface area contributed by atoms with Gasteiger partial charge in [-0.2, -0.15) is 0 Å². The molecule has 0 bridgehead atoms. The molecular weight excluding hydrogens is 547 g/mol. The number of fused-ring (bicyclic) bond motifs is 1. The molecule has 2 rings (SSSR count). The Hall–Kier alpha value is -1.62. The van der Waals surface area contributed by atoms with E-state index in [1.165, 1.54) is 7.11 Å². The zero-order valence-electron chi connectivity index (χ0n) is 28.1. The Kier molecular flexibility index (Phi) is 13.2. The number of methoxy groups -OCH3 is 1. The zero-order valence-corrected chi connectivity index (χ0v) is 30.1. The summed E-state index contributed by atoms with van der Waals surface area (Å²) in [5, 5.41) is 1.54. The Balaban J connectivity index is 1.87. The SMILES string of the molecule is COC(=O)c1[nH]c2ccc(OCCCCCO[Si](C)(C)C(C)(C)C)cc2c1CCCCCCO[Si](C)(C)C(C)(C)C. The van der Waals surface area contributed by atoms with E-state index in [2.05, 4.69) is 78.8 Å². The number of rotatable bonds is 17. The van der Waals surface area contributed by atoms with Gasteiger partial charge in [0.05, 0.1) is 13.7 Å². The average Bonchev–Trinajstić information content (AvgIpc) is 3.23. The van der Waals surface area contributed by atoms with E-state index in [1.807, 2.05) is 12.1 Å². The molecule has 0 aliphatic carbocycles. The van der Waals surface area contributed by atoms with Gasteiger partial charge in [0.25, 0.3) is 0 Å². The van der Waals surface area contributed by atoms with E-state index in [1.54, 1.807) is 0 Å². The summed E-state index contributed by atoms with van der Waals surface area (Å²) in [7, 11) is -1.91. The first kappa shape index (κ1) is 35.6. The molecule has 41 heavy (non-hydrogen) atoms. The molecule has 0 saturated heterocycles. The highest BCUT2D eigenvalue weighted by Gasteiger charge is 2.37. The number of H-pyrrole nitrogens is 1. The number of nitrogens with one attached hydrogen (secondary N) is 1. The van der Waals surface area contributed by atoms with Crippen molar-refractivity contribution >= 4 is 33.5 Å². The topological polar surface area (TPSA) is 69.8 Å². The van der Waals surface area contributed by atoms with Crippen LogP contribution < -0.4 is 4.74 Å². The summed E-state index contributed by atoms with van der Waals surface area (Å²) in [6.45, 7) is 25.2. The van der Waals surface area contributed by atoms with Crippen LogP contribution in [0.25, 0.3) is 10.9 Å². The van der Waals surface area contributed by atoms with Crippen molar-refractivity contribution in [2.45, 2.75) is 129 Å². The van der Waals surface area contributed by atoms with Gasteiger partial charge in [0.2, 0.25) is 0 Å². The number of aryl methyl sites for hydroxylation is 1. The van der Waals surface area contributed by atoms with Gasteiger partial charge in [-0.15, -0.1) is 0 Å². The smallest absolute Gasteiger partial charge is 0.354 e. The maximum absolute atomic E-state index is 12.5. The third-order valence-corrected chi connectivity index (χ3v) is 18.3. The van der Waals surface area contributed by atoms with E-state index in [0.717, 1.165) is 86.8 Å². The third kappa shape index (κ3) is 10.6. The van der Waals surface area contributed by atoms with Gasteiger partial charge in [-0.25, -0.2) is 4.79 Å². The predicted molar refractivity (Wildman–Crippen MR) is 177 cm³/mol. The fraction of sp³-hybridized carbons (Fsp3) is 0.727. The molecule has 0 saturated carbocycles. The molecule has 234 valence electrons. The highest BCUT2D eigenvalue weighted by atomic mass is 28.4. The van der Waals surface area contributed by atoms with Gasteiger partial charge in [0.1, 0.15) is 11.4 Å². The van der Waals surface area contributed by atoms with Crippen molar-refractivity contribution in [1.29, 1.82) is 0 Å². The highest BCUT2D eigenvalue weighted by molar-refractivity contribution is 6.74. The molecule has 8 heteroatoms. The number of ether oxygens (including phenoxy) is 2. The molecule has 0 unspecified atom stereocenters. The second-order valence-electron chi connectivity index (χ2n) is 14.5. The molecule has 1 aromatic carbocycles. The van der Waals surface area contributed by atoms with Gasteiger partial charge in [-0.05, 0) is 98.6 Å². The lowest BCUT2D eigenvalue weighted by molar-refractivity contribution is 0.0594. The number of esters is 1. The van der Waals surface area contributed by atoms with E-state index < -0.39 is 16.6 Å². The molecule has 0 atom stereocenters. The van der Waals surface area contributed by atoms with Crippen LogP contribution in [0.1, 0.15) is 103 Å². The van der Waals surface area contributed by atoms with Crippen molar-refractivity contribution in [3.8, 4) is 5.75 Å². The van der Waals surface area contributed by atoms with E-state index in [0.29, 0.717) is 12.3 Å². The van der Waals surface area contributed by atoms with Crippen molar-refractivity contribution in [3.05, 3.63) is 29.5 Å². The summed E-state index contributed by atoms with van der Waals surface area (Å²) in [5.41, 5.74) is 2.53. The van der Waals surface area contributed by atoms with E-state index in [-0.39, 0.29) is 16.0 Å². The first-order chi connectivity index (χ1) is 19.0. The molecule has 0 amide bonds. The second kappa shape index (κ2) is 15.2. The van der Waals surface area contributed by atoms with Gasteiger partial charge in [0.15, 0.2) is 16.6 Å². The van der Waals surface area contributed by atoms with Crippen LogP contribution in [0.15, 0.2) is 18.2 Å². The fourth-order valence-electron chi connectivity index (χ4n) is 4.27. The molecule has 2 aromatic rings. The summed E-state index contributed by atoms with van der Waals surface area (Å²) in [5.74, 6) is 0.524. The van der Waals surface area contributed by atoms with Crippen LogP contribution in [0.5, 0.6) is 5.75 Å². The largest absolute Gasteiger partial charge is 0.494 e. The number of hydrogen-bond acceptors (Lipinski definition) is 5. The number of hydrogen-bond donors (Lipinski definition) is 1. The van der Waals surface area contributed by atoms with Crippen LogP contribution in [0.4, 0.5) is 0 Å².